The first kappa shape index (κ1) is 22.4. The lowest BCUT2D eigenvalue weighted by atomic mass is 9.89. The fraction of sp³-hybridized carbons (Fsp3) is 0.300. The summed E-state index contributed by atoms with van der Waals surface area (Å²) in [7, 11) is 0. The minimum Gasteiger partial charge on any atom is -0.368 e. The molecule has 1 amide bonds. The number of unbranched alkanes of at least 4 members (excludes halogenated alkanes) is 1. The van der Waals surface area contributed by atoms with Crippen LogP contribution in [0.5, 0.6) is 0 Å². The van der Waals surface area contributed by atoms with Crippen LogP contribution < -0.4 is 15.5 Å². The predicted molar refractivity (Wildman–Crippen MR) is 144 cm³/mol. The largest absolute Gasteiger partial charge is 0.368 e. The van der Waals surface area contributed by atoms with Crippen molar-refractivity contribution in [1.82, 2.24) is 10.6 Å². The molecule has 0 unspecified atom stereocenters. The number of carbonyl (C=O) groups is 1. The van der Waals surface area contributed by atoms with Gasteiger partial charge in [-0.2, -0.15) is 0 Å². The van der Waals surface area contributed by atoms with Crippen LogP contribution in [0.1, 0.15) is 35.7 Å². The van der Waals surface area contributed by atoms with Crippen LogP contribution in [-0.4, -0.2) is 38.6 Å². The maximum Gasteiger partial charge on any atom is 0.253 e. The van der Waals surface area contributed by atoms with Crippen molar-refractivity contribution in [2.75, 3.05) is 37.6 Å². The zero-order chi connectivity index (χ0) is 23.5. The van der Waals surface area contributed by atoms with Crippen molar-refractivity contribution < 1.29 is 4.79 Å². The Kier molecular flexibility index (Phi) is 6.50. The Labute approximate surface area is 202 Å². The lowest BCUT2D eigenvalue weighted by molar-refractivity contribution is 0.0953. The summed E-state index contributed by atoms with van der Waals surface area (Å²) in [6.45, 7) is 8.62. The number of nitrogens with zero attached hydrogens (tertiary/aromatic N) is 1. The molecule has 1 saturated heterocycles. The molecule has 0 spiro atoms. The molecule has 2 N–H and O–H groups in total. The van der Waals surface area contributed by atoms with E-state index in [1.54, 1.807) is 0 Å². The minimum atomic E-state index is 0.0203. The molecule has 0 bridgehead atoms. The van der Waals surface area contributed by atoms with Crippen LogP contribution in [0.4, 0.5) is 5.69 Å². The van der Waals surface area contributed by atoms with Crippen molar-refractivity contribution in [3.05, 3.63) is 77.9 Å². The number of rotatable bonds is 6. The minimum absolute atomic E-state index is 0.0203. The molecular formula is C30H33N3O. The van der Waals surface area contributed by atoms with Crippen molar-refractivity contribution in [1.29, 1.82) is 0 Å². The van der Waals surface area contributed by atoms with Crippen molar-refractivity contribution >= 4 is 33.1 Å². The summed E-state index contributed by atoms with van der Waals surface area (Å²) < 4.78 is 0. The zero-order valence-electron chi connectivity index (χ0n) is 20.2. The average Bonchev–Trinajstić information content (AvgIpc) is 2.87. The quantitative estimate of drug-likeness (QED) is 0.283. The van der Waals surface area contributed by atoms with Gasteiger partial charge in [0.25, 0.3) is 5.91 Å². The Morgan fingerprint density at radius 3 is 2.29 bits per heavy atom. The summed E-state index contributed by atoms with van der Waals surface area (Å²) >= 11 is 0. The Balaban J connectivity index is 1.82. The van der Waals surface area contributed by atoms with E-state index in [2.05, 4.69) is 96.1 Å². The number of piperazine rings is 1. The summed E-state index contributed by atoms with van der Waals surface area (Å²) in [6, 6.07) is 23.7. The number of fused-ring (bicyclic) bond motifs is 2. The van der Waals surface area contributed by atoms with Crippen molar-refractivity contribution in [2.45, 2.75) is 26.7 Å². The van der Waals surface area contributed by atoms with Gasteiger partial charge in [0, 0.05) is 38.1 Å². The summed E-state index contributed by atoms with van der Waals surface area (Å²) in [6.07, 6.45) is 2.04. The first-order valence-electron chi connectivity index (χ1n) is 12.5. The van der Waals surface area contributed by atoms with E-state index in [1.807, 2.05) is 0 Å². The second-order valence-electron chi connectivity index (χ2n) is 9.23. The van der Waals surface area contributed by atoms with Crippen LogP contribution in [0.2, 0.25) is 0 Å². The Bertz CT molecular complexity index is 1340. The second-order valence-corrected chi connectivity index (χ2v) is 9.23. The van der Waals surface area contributed by atoms with Crippen LogP contribution in [-0.2, 0) is 0 Å². The van der Waals surface area contributed by atoms with Crippen LogP contribution in [0, 0.1) is 6.92 Å². The van der Waals surface area contributed by atoms with Crippen LogP contribution in [0.3, 0.4) is 0 Å². The van der Waals surface area contributed by atoms with Gasteiger partial charge >= 0.3 is 0 Å². The standard InChI is InChI=1S/C30H33N3O/c1-3-4-13-32-30(34)28-20-26(24-12-8-5-9-21(24)2)25-18-22-10-6-7-11-23(22)19-27(25)29(28)33-16-14-31-15-17-33/h5-12,18-20,31H,3-4,13-17H2,1-2H3,(H,32,34). The smallest absolute Gasteiger partial charge is 0.253 e. The Morgan fingerprint density at radius 1 is 0.912 bits per heavy atom. The van der Waals surface area contributed by atoms with Gasteiger partial charge < -0.3 is 15.5 Å². The van der Waals surface area contributed by atoms with Crippen LogP contribution >= 0.6 is 0 Å². The third kappa shape index (κ3) is 4.26. The Morgan fingerprint density at radius 2 is 1.59 bits per heavy atom. The third-order valence-corrected chi connectivity index (χ3v) is 6.90. The average molecular weight is 452 g/mol. The van der Waals surface area contributed by atoms with Crippen molar-refractivity contribution in [3.8, 4) is 11.1 Å². The van der Waals surface area contributed by atoms with E-state index in [9.17, 15) is 4.79 Å². The molecule has 34 heavy (non-hydrogen) atoms. The normalized spacial score (nSPS) is 14.0. The van der Waals surface area contributed by atoms with Gasteiger partial charge in [0.05, 0.1) is 11.3 Å². The van der Waals surface area contributed by atoms with Gasteiger partial charge in [0.2, 0.25) is 0 Å². The number of amides is 1. The zero-order valence-corrected chi connectivity index (χ0v) is 20.2. The number of aryl methyl sites for hydroxylation is 1. The molecule has 4 aromatic rings. The van der Waals surface area contributed by atoms with Gasteiger partial charge in [-0.05, 0) is 64.4 Å². The summed E-state index contributed by atoms with van der Waals surface area (Å²) in [4.78, 5) is 16.0. The maximum atomic E-state index is 13.6. The first-order chi connectivity index (χ1) is 16.7. The molecule has 0 atom stereocenters. The van der Waals surface area contributed by atoms with Crippen LogP contribution in [0.25, 0.3) is 32.7 Å². The van der Waals surface area contributed by atoms with Gasteiger partial charge in [-0.3, -0.25) is 4.79 Å². The highest BCUT2D eigenvalue weighted by Gasteiger charge is 2.24. The van der Waals surface area contributed by atoms with Crippen molar-refractivity contribution in [3.63, 3.8) is 0 Å². The molecule has 1 aliphatic heterocycles. The highest BCUT2D eigenvalue weighted by Crippen LogP contribution is 2.41. The molecular weight excluding hydrogens is 418 g/mol. The molecule has 1 aliphatic rings. The van der Waals surface area contributed by atoms with Crippen LogP contribution in [0.15, 0.2) is 66.7 Å². The fourth-order valence-electron chi connectivity index (χ4n) is 5.07. The number of hydrogen-bond acceptors (Lipinski definition) is 3. The summed E-state index contributed by atoms with van der Waals surface area (Å²) in [5.74, 6) is 0.0203. The molecule has 5 rings (SSSR count). The summed E-state index contributed by atoms with van der Waals surface area (Å²) in [5.41, 5.74) is 5.35. The summed E-state index contributed by atoms with van der Waals surface area (Å²) in [5, 5.41) is 11.4. The molecule has 0 saturated carbocycles. The number of benzene rings is 4. The van der Waals surface area contributed by atoms with Crippen molar-refractivity contribution in [2.24, 2.45) is 0 Å². The van der Waals surface area contributed by atoms with Gasteiger partial charge in [-0.1, -0.05) is 61.9 Å². The third-order valence-electron chi connectivity index (χ3n) is 6.90. The monoisotopic (exact) mass is 451 g/mol. The lowest BCUT2D eigenvalue weighted by Crippen LogP contribution is -2.44. The topological polar surface area (TPSA) is 44.4 Å². The van der Waals surface area contributed by atoms with Gasteiger partial charge in [0.1, 0.15) is 0 Å². The van der Waals surface area contributed by atoms with E-state index in [4.69, 9.17) is 0 Å². The number of nitrogens with one attached hydrogen (secondary N) is 2. The van der Waals surface area contributed by atoms with Gasteiger partial charge in [0.15, 0.2) is 0 Å². The number of carbonyl (C=O) groups excluding carboxylic acids is 1. The van der Waals surface area contributed by atoms with E-state index in [0.29, 0.717) is 6.54 Å². The molecule has 4 nitrogen and oxygen atoms in total. The number of hydrogen-bond donors (Lipinski definition) is 2. The fourth-order valence-corrected chi connectivity index (χ4v) is 5.07. The van der Waals surface area contributed by atoms with E-state index in [0.717, 1.165) is 61.2 Å². The Hall–Kier alpha value is -3.37. The molecule has 0 aliphatic carbocycles. The van der Waals surface area contributed by atoms with Gasteiger partial charge in [-0.15, -0.1) is 0 Å². The highest BCUT2D eigenvalue weighted by atomic mass is 16.1. The van der Waals surface area contributed by atoms with E-state index in [-0.39, 0.29) is 5.91 Å². The molecule has 1 fully saturated rings. The molecule has 0 radical (unpaired) electrons. The van der Waals surface area contributed by atoms with E-state index < -0.39 is 0 Å². The number of anilines is 1. The first-order valence-corrected chi connectivity index (χ1v) is 12.5. The van der Waals surface area contributed by atoms with E-state index >= 15 is 0 Å². The SMILES string of the molecule is CCCCNC(=O)c1cc(-c2ccccc2C)c2cc3ccccc3cc2c1N1CCNCC1. The molecule has 174 valence electrons. The molecule has 4 heteroatoms. The molecule has 0 aromatic heterocycles. The molecule has 4 aromatic carbocycles. The lowest BCUT2D eigenvalue weighted by Gasteiger charge is -2.33. The molecule has 1 heterocycles. The second kappa shape index (κ2) is 9.86. The maximum absolute atomic E-state index is 13.6. The van der Waals surface area contributed by atoms with E-state index in [1.165, 1.54) is 27.3 Å². The van der Waals surface area contributed by atoms with Gasteiger partial charge in [-0.25, -0.2) is 0 Å². The highest BCUT2D eigenvalue weighted by molar-refractivity contribution is 6.16. The predicted octanol–water partition coefficient (Wildman–Crippen LogP) is 5.91.